The van der Waals surface area contributed by atoms with Crippen LogP contribution >= 0.6 is 0 Å². The first kappa shape index (κ1) is 11.6. The molecule has 2 atom stereocenters. The van der Waals surface area contributed by atoms with Gasteiger partial charge in [0.1, 0.15) is 0 Å². The van der Waals surface area contributed by atoms with E-state index in [9.17, 15) is 0 Å². The minimum Gasteiger partial charge on any atom is -0.198 e. The van der Waals surface area contributed by atoms with Crippen molar-refractivity contribution in [3.8, 4) is 6.07 Å². The van der Waals surface area contributed by atoms with E-state index >= 15 is 0 Å². The third kappa shape index (κ3) is 2.50. The lowest BCUT2D eigenvalue weighted by Crippen LogP contribution is -2.29. The SMILES string of the molecule is CC(C)C1CCC[C@@H](C(C)(C)C#N)C1. The zero-order chi connectivity index (χ0) is 10.8. The van der Waals surface area contributed by atoms with Crippen molar-refractivity contribution in [3.63, 3.8) is 0 Å². The van der Waals surface area contributed by atoms with Gasteiger partial charge in [-0.3, -0.25) is 0 Å². The topological polar surface area (TPSA) is 23.8 Å². The molecule has 1 rings (SSSR count). The Bertz CT molecular complexity index is 222. The second-order valence-corrected chi connectivity index (χ2v) is 5.70. The Balaban J connectivity index is 2.61. The van der Waals surface area contributed by atoms with Gasteiger partial charge in [-0.1, -0.05) is 26.7 Å². The smallest absolute Gasteiger partial charge is 0.0686 e. The van der Waals surface area contributed by atoms with Gasteiger partial charge in [0, 0.05) is 0 Å². The van der Waals surface area contributed by atoms with Crippen LogP contribution in [-0.4, -0.2) is 0 Å². The Hall–Kier alpha value is -0.510. The minimum absolute atomic E-state index is 0.117. The molecule has 0 aromatic carbocycles. The van der Waals surface area contributed by atoms with Crippen LogP contribution in [0.3, 0.4) is 0 Å². The Kier molecular flexibility index (Phi) is 3.59. The number of nitrogens with zero attached hydrogens (tertiary/aromatic N) is 1. The molecular weight excluding hydrogens is 170 g/mol. The van der Waals surface area contributed by atoms with E-state index in [1.165, 1.54) is 25.7 Å². The summed E-state index contributed by atoms with van der Waals surface area (Å²) in [5.41, 5.74) is -0.117. The monoisotopic (exact) mass is 193 g/mol. The van der Waals surface area contributed by atoms with Crippen LogP contribution in [0, 0.1) is 34.5 Å². The first-order valence-corrected chi connectivity index (χ1v) is 5.88. The van der Waals surface area contributed by atoms with Crippen LogP contribution in [0.5, 0.6) is 0 Å². The highest BCUT2D eigenvalue weighted by molar-refractivity contribution is 4.98. The van der Waals surface area contributed by atoms with Gasteiger partial charge in [0.05, 0.1) is 11.5 Å². The summed E-state index contributed by atoms with van der Waals surface area (Å²) in [6, 6.07) is 2.47. The van der Waals surface area contributed by atoms with Crippen LogP contribution in [0.2, 0.25) is 0 Å². The van der Waals surface area contributed by atoms with Gasteiger partial charge >= 0.3 is 0 Å². The van der Waals surface area contributed by atoms with Gasteiger partial charge < -0.3 is 0 Å². The molecule has 1 aliphatic rings. The van der Waals surface area contributed by atoms with E-state index in [-0.39, 0.29) is 5.41 Å². The first-order chi connectivity index (χ1) is 6.47. The maximum Gasteiger partial charge on any atom is 0.0686 e. The van der Waals surface area contributed by atoms with E-state index in [0.717, 1.165) is 11.8 Å². The van der Waals surface area contributed by atoms with Crippen LogP contribution in [0.1, 0.15) is 53.4 Å². The molecular formula is C13H23N. The van der Waals surface area contributed by atoms with Gasteiger partial charge in [0.25, 0.3) is 0 Å². The maximum absolute atomic E-state index is 9.12. The standard InChI is InChI=1S/C13H23N/c1-10(2)11-6-5-7-12(8-11)13(3,4)9-14/h10-12H,5-8H2,1-4H3/t11?,12-/m1/s1. The van der Waals surface area contributed by atoms with E-state index in [1.807, 2.05) is 0 Å². The van der Waals surface area contributed by atoms with Crippen LogP contribution < -0.4 is 0 Å². The summed E-state index contributed by atoms with van der Waals surface area (Å²) in [6.07, 6.45) is 5.20. The summed E-state index contributed by atoms with van der Waals surface area (Å²) >= 11 is 0. The zero-order valence-electron chi connectivity index (χ0n) is 10.0. The molecule has 1 aliphatic carbocycles. The first-order valence-electron chi connectivity index (χ1n) is 5.88. The van der Waals surface area contributed by atoms with Gasteiger partial charge in [-0.05, 0) is 44.4 Å². The van der Waals surface area contributed by atoms with Gasteiger partial charge in [-0.15, -0.1) is 0 Å². The predicted molar refractivity (Wildman–Crippen MR) is 59.7 cm³/mol. The van der Waals surface area contributed by atoms with Crippen LogP contribution in [0.4, 0.5) is 0 Å². The normalized spacial score (nSPS) is 28.9. The Morgan fingerprint density at radius 1 is 1.29 bits per heavy atom. The molecule has 14 heavy (non-hydrogen) atoms. The highest BCUT2D eigenvalue weighted by Gasteiger charge is 2.34. The van der Waals surface area contributed by atoms with Crippen LogP contribution in [-0.2, 0) is 0 Å². The van der Waals surface area contributed by atoms with Crippen molar-refractivity contribution in [2.75, 3.05) is 0 Å². The Morgan fingerprint density at radius 2 is 1.93 bits per heavy atom. The van der Waals surface area contributed by atoms with Gasteiger partial charge in [0.2, 0.25) is 0 Å². The van der Waals surface area contributed by atoms with E-state index in [2.05, 4.69) is 33.8 Å². The molecule has 1 saturated carbocycles. The van der Waals surface area contributed by atoms with Gasteiger partial charge in [-0.2, -0.15) is 5.26 Å². The minimum atomic E-state index is -0.117. The summed E-state index contributed by atoms with van der Waals surface area (Å²) in [5.74, 6) is 2.25. The lowest BCUT2D eigenvalue weighted by atomic mass is 9.67. The molecule has 1 heteroatoms. The molecule has 1 unspecified atom stereocenters. The third-order valence-electron chi connectivity index (χ3n) is 3.97. The number of hydrogen-bond acceptors (Lipinski definition) is 1. The van der Waals surface area contributed by atoms with Gasteiger partial charge in [-0.25, -0.2) is 0 Å². The zero-order valence-corrected chi connectivity index (χ0v) is 10.0. The molecule has 0 heterocycles. The molecule has 0 aromatic rings. The van der Waals surface area contributed by atoms with Crippen molar-refractivity contribution in [3.05, 3.63) is 0 Å². The summed E-state index contributed by atoms with van der Waals surface area (Å²) in [5, 5.41) is 9.12. The molecule has 0 aromatic heterocycles. The third-order valence-corrected chi connectivity index (χ3v) is 3.97. The van der Waals surface area contributed by atoms with Crippen molar-refractivity contribution in [1.82, 2.24) is 0 Å². The fourth-order valence-electron chi connectivity index (χ4n) is 2.58. The van der Waals surface area contributed by atoms with E-state index < -0.39 is 0 Å². The number of rotatable bonds is 2. The quantitative estimate of drug-likeness (QED) is 0.650. The molecule has 1 fully saturated rings. The van der Waals surface area contributed by atoms with Crippen molar-refractivity contribution in [1.29, 1.82) is 5.26 Å². The second kappa shape index (κ2) is 4.34. The van der Waals surface area contributed by atoms with E-state index in [0.29, 0.717) is 5.92 Å². The molecule has 80 valence electrons. The molecule has 0 N–H and O–H groups in total. The molecule has 0 saturated heterocycles. The van der Waals surface area contributed by atoms with Gasteiger partial charge in [0.15, 0.2) is 0 Å². The summed E-state index contributed by atoms with van der Waals surface area (Å²) < 4.78 is 0. The van der Waals surface area contributed by atoms with E-state index in [1.54, 1.807) is 0 Å². The molecule has 0 amide bonds. The summed E-state index contributed by atoms with van der Waals surface area (Å²) in [6.45, 7) is 8.82. The molecule has 0 bridgehead atoms. The number of nitriles is 1. The lowest BCUT2D eigenvalue weighted by molar-refractivity contribution is 0.143. The van der Waals surface area contributed by atoms with Crippen molar-refractivity contribution in [2.45, 2.75) is 53.4 Å². The highest BCUT2D eigenvalue weighted by atomic mass is 14.4. The molecule has 1 nitrogen and oxygen atoms in total. The molecule has 0 radical (unpaired) electrons. The predicted octanol–water partition coefficient (Wildman–Crippen LogP) is 4.00. The van der Waals surface area contributed by atoms with Crippen molar-refractivity contribution in [2.24, 2.45) is 23.2 Å². The average molecular weight is 193 g/mol. The summed E-state index contributed by atoms with van der Waals surface area (Å²) in [4.78, 5) is 0. The molecule has 0 spiro atoms. The fourth-order valence-corrected chi connectivity index (χ4v) is 2.58. The van der Waals surface area contributed by atoms with Crippen molar-refractivity contribution >= 4 is 0 Å². The van der Waals surface area contributed by atoms with E-state index in [4.69, 9.17) is 5.26 Å². The Labute approximate surface area is 88.5 Å². The van der Waals surface area contributed by atoms with Crippen LogP contribution in [0.25, 0.3) is 0 Å². The average Bonchev–Trinajstić information content (AvgIpc) is 2.18. The fraction of sp³-hybridized carbons (Fsp3) is 0.923. The number of hydrogen-bond donors (Lipinski definition) is 0. The Morgan fingerprint density at radius 3 is 2.43 bits per heavy atom. The molecule has 0 aliphatic heterocycles. The lowest BCUT2D eigenvalue weighted by Gasteiger charge is -2.37. The largest absolute Gasteiger partial charge is 0.198 e. The summed E-state index contributed by atoms with van der Waals surface area (Å²) in [7, 11) is 0. The second-order valence-electron chi connectivity index (χ2n) is 5.70. The maximum atomic E-state index is 9.12. The van der Waals surface area contributed by atoms with Crippen LogP contribution in [0.15, 0.2) is 0 Å². The highest BCUT2D eigenvalue weighted by Crippen LogP contribution is 2.42. The van der Waals surface area contributed by atoms with Crippen molar-refractivity contribution < 1.29 is 0 Å².